The number of aliphatic hydroxyl groups excluding tert-OH is 1. The van der Waals surface area contributed by atoms with Crippen molar-refractivity contribution >= 4 is 5.97 Å². The summed E-state index contributed by atoms with van der Waals surface area (Å²) in [6.45, 7) is 5.37. The molecule has 302 valence electrons. The van der Waals surface area contributed by atoms with Crippen LogP contribution >= 0.6 is 0 Å². The van der Waals surface area contributed by atoms with Crippen LogP contribution in [-0.4, -0.2) is 37.0 Å². The van der Waals surface area contributed by atoms with Gasteiger partial charge < -0.3 is 14.6 Å². The SMILES string of the molecule is CCCCCCCC/C=C\CCCCCCCCCCOCC(CO)OC(=O)CCCCCCCCCCC/C=C\CCCCCCCCCC. The van der Waals surface area contributed by atoms with E-state index in [0.717, 1.165) is 19.3 Å². The van der Waals surface area contributed by atoms with Gasteiger partial charge in [0.15, 0.2) is 0 Å². The van der Waals surface area contributed by atoms with Crippen molar-refractivity contribution in [2.45, 2.75) is 251 Å². The number of esters is 1. The molecule has 4 heteroatoms. The molecule has 4 nitrogen and oxygen atoms in total. The van der Waals surface area contributed by atoms with Crippen molar-refractivity contribution in [3.05, 3.63) is 24.3 Å². The Kier molecular flexibility index (Phi) is 44.0. The second-order valence-electron chi connectivity index (χ2n) is 15.5. The highest BCUT2D eigenvalue weighted by Gasteiger charge is 2.13. The van der Waals surface area contributed by atoms with Crippen LogP contribution in [0.3, 0.4) is 0 Å². The molecule has 0 aliphatic carbocycles. The minimum Gasteiger partial charge on any atom is -0.457 e. The Bertz CT molecular complexity index is 717. The Balaban J connectivity index is 3.40. The van der Waals surface area contributed by atoms with Crippen LogP contribution in [0.4, 0.5) is 0 Å². The predicted octanol–water partition coefficient (Wildman–Crippen LogP) is 15.1. The van der Waals surface area contributed by atoms with E-state index in [9.17, 15) is 9.90 Å². The predicted molar refractivity (Wildman–Crippen MR) is 224 cm³/mol. The van der Waals surface area contributed by atoms with E-state index in [1.165, 1.54) is 205 Å². The smallest absolute Gasteiger partial charge is 0.306 e. The molecule has 0 aromatic heterocycles. The van der Waals surface area contributed by atoms with Gasteiger partial charge in [-0.3, -0.25) is 4.79 Å². The lowest BCUT2D eigenvalue weighted by atomic mass is 10.1. The van der Waals surface area contributed by atoms with Crippen molar-refractivity contribution in [3.63, 3.8) is 0 Å². The molecule has 1 atom stereocenters. The molecule has 0 rings (SSSR count). The van der Waals surface area contributed by atoms with Crippen LogP contribution in [0, 0.1) is 0 Å². The maximum Gasteiger partial charge on any atom is 0.306 e. The third kappa shape index (κ3) is 43.2. The summed E-state index contributed by atoms with van der Waals surface area (Å²) >= 11 is 0. The molecule has 0 amide bonds. The molecule has 0 heterocycles. The Morgan fingerprint density at radius 3 is 1.12 bits per heavy atom. The van der Waals surface area contributed by atoms with E-state index in [1.54, 1.807) is 0 Å². The van der Waals surface area contributed by atoms with E-state index in [-0.39, 0.29) is 12.6 Å². The lowest BCUT2D eigenvalue weighted by Gasteiger charge is -2.16. The molecular weight excluding hydrogens is 629 g/mol. The van der Waals surface area contributed by atoms with Gasteiger partial charge in [-0.1, -0.05) is 199 Å². The summed E-state index contributed by atoms with van der Waals surface area (Å²) < 4.78 is 11.2. The number of ether oxygens (including phenoxy) is 2. The van der Waals surface area contributed by atoms with E-state index < -0.39 is 6.10 Å². The van der Waals surface area contributed by atoms with Crippen molar-refractivity contribution in [2.24, 2.45) is 0 Å². The molecule has 0 saturated carbocycles. The summed E-state index contributed by atoms with van der Waals surface area (Å²) in [5.41, 5.74) is 0. The normalized spacial score (nSPS) is 12.5. The number of carbonyl (C=O) groups excluding carboxylic acids is 1. The zero-order valence-corrected chi connectivity index (χ0v) is 34.6. The first-order valence-electron chi connectivity index (χ1n) is 22.9. The number of rotatable bonds is 43. The molecule has 51 heavy (non-hydrogen) atoms. The minimum atomic E-state index is -0.534. The van der Waals surface area contributed by atoms with Gasteiger partial charge in [-0.15, -0.1) is 0 Å². The van der Waals surface area contributed by atoms with Crippen LogP contribution in [-0.2, 0) is 14.3 Å². The van der Waals surface area contributed by atoms with Crippen LogP contribution < -0.4 is 0 Å². The number of hydrogen-bond acceptors (Lipinski definition) is 4. The van der Waals surface area contributed by atoms with E-state index in [4.69, 9.17) is 9.47 Å². The highest BCUT2D eigenvalue weighted by atomic mass is 16.6. The van der Waals surface area contributed by atoms with Crippen molar-refractivity contribution in [3.8, 4) is 0 Å². The molecule has 0 fully saturated rings. The lowest BCUT2D eigenvalue weighted by Crippen LogP contribution is -2.27. The van der Waals surface area contributed by atoms with Gasteiger partial charge in [0.1, 0.15) is 6.10 Å². The zero-order valence-electron chi connectivity index (χ0n) is 34.6. The summed E-state index contributed by atoms with van der Waals surface area (Å²) in [5.74, 6) is -0.200. The highest BCUT2D eigenvalue weighted by Crippen LogP contribution is 2.14. The van der Waals surface area contributed by atoms with Crippen LogP contribution in [0.25, 0.3) is 0 Å². The summed E-state index contributed by atoms with van der Waals surface area (Å²) in [6.07, 6.45) is 55.3. The summed E-state index contributed by atoms with van der Waals surface area (Å²) in [5, 5.41) is 9.62. The van der Waals surface area contributed by atoms with Gasteiger partial charge in [0, 0.05) is 13.0 Å². The van der Waals surface area contributed by atoms with Crippen molar-refractivity contribution in [2.75, 3.05) is 19.8 Å². The van der Waals surface area contributed by atoms with Crippen LogP contribution in [0.1, 0.15) is 245 Å². The van der Waals surface area contributed by atoms with Gasteiger partial charge in [-0.2, -0.15) is 0 Å². The number of hydrogen-bond donors (Lipinski definition) is 1. The fraction of sp³-hybridized carbons (Fsp3) is 0.894. The van der Waals surface area contributed by atoms with Gasteiger partial charge in [0.05, 0.1) is 13.2 Å². The van der Waals surface area contributed by atoms with E-state index in [2.05, 4.69) is 38.2 Å². The first-order chi connectivity index (χ1) is 25.2. The van der Waals surface area contributed by atoms with Crippen molar-refractivity contribution < 1.29 is 19.4 Å². The third-order valence-corrected chi connectivity index (χ3v) is 10.2. The van der Waals surface area contributed by atoms with Crippen LogP contribution in [0.5, 0.6) is 0 Å². The molecule has 0 aliphatic rings. The van der Waals surface area contributed by atoms with Gasteiger partial charge in [0.25, 0.3) is 0 Å². The van der Waals surface area contributed by atoms with Gasteiger partial charge in [-0.25, -0.2) is 0 Å². The van der Waals surface area contributed by atoms with Crippen LogP contribution in [0.15, 0.2) is 24.3 Å². The summed E-state index contributed by atoms with van der Waals surface area (Å²) in [6, 6.07) is 0. The average Bonchev–Trinajstić information content (AvgIpc) is 3.14. The largest absolute Gasteiger partial charge is 0.457 e. The van der Waals surface area contributed by atoms with Crippen molar-refractivity contribution in [1.29, 1.82) is 0 Å². The van der Waals surface area contributed by atoms with E-state index in [0.29, 0.717) is 19.6 Å². The fourth-order valence-electron chi connectivity index (χ4n) is 6.79. The monoisotopic (exact) mass is 719 g/mol. The third-order valence-electron chi connectivity index (χ3n) is 10.2. The molecule has 0 aliphatic heterocycles. The topological polar surface area (TPSA) is 55.8 Å². The molecule has 0 aromatic rings. The Morgan fingerprint density at radius 1 is 0.451 bits per heavy atom. The van der Waals surface area contributed by atoms with Gasteiger partial charge in [0.2, 0.25) is 0 Å². The Morgan fingerprint density at radius 2 is 0.765 bits per heavy atom. The summed E-state index contributed by atoms with van der Waals surface area (Å²) in [4.78, 5) is 12.2. The van der Waals surface area contributed by atoms with Gasteiger partial charge >= 0.3 is 5.97 Å². The average molecular weight is 719 g/mol. The molecule has 0 aromatic carbocycles. The quantitative estimate of drug-likeness (QED) is 0.0387. The maximum atomic E-state index is 12.2. The number of unbranched alkanes of at least 4 members (excludes halogenated alkanes) is 31. The number of allylic oxidation sites excluding steroid dienone is 4. The fourth-order valence-corrected chi connectivity index (χ4v) is 6.79. The van der Waals surface area contributed by atoms with Crippen LogP contribution in [0.2, 0.25) is 0 Å². The standard InChI is InChI=1S/C47H90O4/c1-3-5-7-9-11-13-15-17-19-21-23-24-25-26-28-30-32-34-36-38-40-42-47(49)51-46(44-48)45-50-43-41-39-37-35-33-31-29-27-22-20-18-16-14-12-10-8-6-4-2/h18,20-21,23,46,48H,3-17,19,22,24-45H2,1-2H3/b20-18-,23-21-. The second kappa shape index (κ2) is 45.0. The Labute approximate surface area is 319 Å². The molecule has 0 spiro atoms. The molecule has 1 unspecified atom stereocenters. The van der Waals surface area contributed by atoms with Crippen molar-refractivity contribution in [1.82, 2.24) is 0 Å². The molecular formula is C47H90O4. The molecule has 0 radical (unpaired) electrons. The Hall–Kier alpha value is -1.13. The number of carbonyl (C=O) groups is 1. The highest BCUT2D eigenvalue weighted by molar-refractivity contribution is 5.69. The van der Waals surface area contributed by atoms with Gasteiger partial charge in [-0.05, 0) is 64.2 Å². The first kappa shape index (κ1) is 49.9. The second-order valence-corrected chi connectivity index (χ2v) is 15.5. The minimum absolute atomic E-state index is 0.170. The molecule has 0 bridgehead atoms. The molecule has 0 saturated heterocycles. The van der Waals surface area contributed by atoms with E-state index >= 15 is 0 Å². The maximum absolute atomic E-state index is 12.2. The van der Waals surface area contributed by atoms with E-state index in [1.807, 2.05) is 0 Å². The summed E-state index contributed by atoms with van der Waals surface area (Å²) in [7, 11) is 0. The zero-order chi connectivity index (χ0) is 37.0. The first-order valence-corrected chi connectivity index (χ1v) is 22.9. The number of aliphatic hydroxyl groups is 1. The lowest BCUT2D eigenvalue weighted by molar-refractivity contribution is -0.154. The molecule has 1 N–H and O–H groups in total.